The number of hydrogen-bond donors (Lipinski definition) is 2. The third-order valence-corrected chi connectivity index (χ3v) is 2.20. The van der Waals surface area contributed by atoms with E-state index >= 15 is 0 Å². The van der Waals surface area contributed by atoms with Gasteiger partial charge in [-0.25, -0.2) is 4.39 Å². The smallest absolute Gasteiger partial charge is 0.167 e. The van der Waals surface area contributed by atoms with Crippen molar-refractivity contribution >= 4 is 5.69 Å². The van der Waals surface area contributed by atoms with Crippen LogP contribution in [0.3, 0.4) is 0 Å². The topological polar surface area (TPSA) is 41.5 Å². The van der Waals surface area contributed by atoms with Gasteiger partial charge in [0.2, 0.25) is 0 Å². The molecular weight excluding hydrogens is 209 g/mol. The molecule has 2 N–H and O–H groups in total. The van der Waals surface area contributed by atoms with E-state index in [1.807, 2.05) is 13.8 Å². The molecule has 0 heterocycles. The zero-order valence-electron chi connectivity index (χ0n) is 9.66. The van der Waals surface area contributed by atoms with E-state index in [1.54, 1.807) is 12.1 Å². The first-order valence-corrected chi connectivity index (χ1v) is 5.44. The predicted octanol–water partition coefficient (Wildman–Crippen LogP) is 2.26. The molecule has 1 unspecified atom stereocenters. The van der Waals surface area contributed by atoms with E-state index < -0.39 is 0 Å². The van der Waals surface area contributed by atoms with Crippen molar-refractivity contribution in [1.29, 1.82) is 0 Å². The molecule has 0 aromatic heterocycles. The molecular formula is C12H18FNO2. The van der Waals surface area contributed by atoms with Gasteiger partial charge in [-0.3, -0.25) is 0 Å². The summed E-state index contributed by atoms with van der Waals surface area (Å²) in [5.41, 5.74) is 0.696. The second-order valence-corrected chi connectivity index (χ2v) is 3.75. The molecule has 90 valence electrons. The molecule has 0 aliphatic carbocycles. The summed E-state index contributed by atoms with van der Waals surface area (Å²) >= 11 is 0. The minimum absolute atomic E-state index is 0.118. The second-order valence-electron chi connectivity index (χ2n) is 3.75. The van der Waals surface area contributed by atoms with Gasteiger partial charge in [0.1, 0.15) is 0 Å². The SMILES string of the molecule is CCOc1ccc(NCC(C)CO)cc1F. The summed E-state index contributed by atoms with van der Waals surface area (Å²) in [7, 11) is 0. The van der Waals surface area contributed by atoms with Crippen LogP contribution in [0.5, 0.6) is 5.75 Å². The largest absolute Gasteiger partial charge is 0.491 e. The van der Waals surface area contributed by atoms with E-state index in [9.17, 15) is 4.39 Å². The number of ether oxygens (including phenoxy) is 1. The molecule has 3 nitrogen and oxygen atoms in total. The quantitative estimate of drug-likeness (QED) is 0.783. The third-order valence-electron chi connectivity index (χ3n) is 2.20. The van der Waals surface area contributed by atoms with Gasteiger partial charge in [-0.05, 0) is 25.0 Å². The van der Waals surface area contributed by atoms with Crippen molar-refractivity contribution in [3.63, 3.8) is 0 Å². The van der Waals surface area contributed by atoms with Crippen molar-refractivity contribution in [3.05, 3.63) is 24.0 Å². The number of hydrogen-bond acceptors (Lipinski definition) is 3. The number of halogens is 1. The highest BCUT2D eigenvalue weighted by atomic mass is 19.1. The Kier molecular flexibility index (Phi) is 5.05. The molecule has 0 bridgehead atoms. The van der Waals surface area contributed by atoms with Gasteiger partial charge in [0.25, 0.3) is 0 Å². The highest BCUT2D eigenvalue weighted by Crippen LogP contribution is 2.21. The van der Waals surface area contributed by atoms with Crippen LogP contribution in [0, 0.1) is 11.7 Å². The lowest BCUT2D eigenvalue weighted by Gasteiger charge is -2.12. The lowest BCUT2D eigenvalue weighted by molar-refractivity contribution is 0.244. The average molecular weight is 227 g/mol. The summed E-state index contributed by atoms with van der Waals surface area (Å²) in [4.78, 5) is 0. The highest BCUT2D eigenvalue weighted by Gasteiger charge is 2.05. The van der Waals surface area contributed by atoms with Gasteiger partial charge in [0.15, 0.2) is 11.6 Å². The molecule has 1 aromatic carbocycles. The Morgan fingerprint density at radius 1 is 1.50 bits per heavy atom. The Morgan fingerprint density at radius 3 is 2.81 bits per heavy atom. The summed E-state index contributed by atoms with van der Waals surface area (Å²) in [6, 6.07) is 4.76. The molecule has 0 saturated carbocycles. The minimum atomic E-state index is -0.372. The zero-order chi connectivity index (χ0) is 12.0. The van der Waals surface area contributed by atoms with E-state index in [2.05, 4.69) is 5.32 Å². The van der Waals surface area contributed by atoms with Crippen LogP contribution < -0.4 is 10.1 Å². The lowest BCUT2D eigenvalue weighted by Crippen LogP contribution is -2.14. The molecule has 1 rings (SSSR count). The van der Waals surface area contributed by atoms with Crippen LogP contribution in [0.4, 0.5) is 10.1 Å². The van der Waals surface area contributed by atoms with Crippen molar-refractivity contribution in [1.82, 2.24) is 0 Å². The van der Waals surface area contributed by atoms with Crippen LogP contribution in [0.15, 0.2) is 18.2 Å². The highest BCUT2D eigenvalue weighted by molar-refractivity contribution is 5.47. The molecule has 1 aromatic rings. The summed E-state index contributed by atoms with van der Waals surface area (Å²) in [5.74, 6) is 0.0430. The Bertz CT molecular complexity index is 331. The Labute approximate surface area is 95.2 Å². The van der Waals surface area contributed by atoms with Crippen molar-refractivity contribution in [2.75, 3.05) is 25.1 Å². The van der Waals surface area contributed by atoms with Crippen molar-refractivity contribution in [3.8, 4) is 5.75 Å². The third kappa shape index (κ3) is 3.70. The van der Waals surface area contributed by atoms with Crippen molar-refractivity contribution in [2.45, 2.75) is 13.8 Å². The van der Waals surface area contributed by atoms with Crippen molar-refractivity contribution in [2.24, 2.45) is 5.92 Å². The van der Waals surface area contributed by atoms with Crippen LogP contribution in [0.25, 0.3) is 0 Å². The first-order chi connectivity index (χ1) is 7.67. The predicted molar refractivity (Wildman–Crippen MR) is 62.3 cm³/mol. The van der Waals surface area contributed by atoms with Gasteiger partial charge >= 0.3 is 0 Å². The number of aliphatic hydroxyl groups excluding tert-OH is 1. The van der Waals surface area contributed by atoms with E-state index in [0.717, 1.165) is 0 Å². The van der Waals surface area contributed by atoms with Gasteiger partial charge in [-0.15, -0.1) is 0 Å². The Hall–Kier alpha value is -1.29. The van der Waals surface area contributed by atoms with Crippen LogP contribution in [0.1, 0.15) is 13.8 Å². The van der Waals surface area contributed by atoms with Gasteiger partial charge in [0.05, 0.1) is 6.61 Å². The van der Waals surface area contributed by atoms with Gasteiger partial charge in [-0.2, -0.15) is 0 Å². The standard InChI is InChI=1S/C12H18FNO2/c1-3-16-12-5-4-10(6-11(12)13)14-7-9(2)8-15/h4-6,9,14-15H,3,7-8H2,1-2H3. The van der Waals surface area contributed by atoms with Crippen LogP contribution in [0.2, 0.25) is 0 Å². The maximum Gasteiger partial charge on any atom is 0.167 e. The van der Waals surface area contributed by atoms with E-state index in [4.69, 9.17) is 9.84 Å². The fourth-order valence-corrected chi connectivity index (χ4v) is 1.24. The van der Waals surface area contributed by atoms with Crippen LogP contribution >= 0.6 is 0 Å². The molecule has 16 heavy (non-hydrogen) atoms. The van der Waals surface area contributed by atoms with Gasteiger partial charge in [0, 0.05) is 24.9 Å². The molecule has 0 spiro atoms. The second kappa shape index (κ2) is 6.33. The number of benzene rings is 1. The molecule has 0 aliphatic heterocycles. The van der Waals surface area contributed by atoms with Crippen LogP contribution in [-0.2, 0) is 0 Å². The number of nitrogens with one attached hydrogen (secondary N) is 1. The Balaban J connectivity index is 2.59. The Morgan fingerprint density at radius 2 is 2.25 bits per heavy atom. The van der Waals surface area contributed by atoms with E-state index in [-0.39, 0.29) is 24.1 Å². The van der Waals surface area contributed by atoms with Crippen molar-refractivity contribution < 1.29 is 14.2 Å². The first kappa shape index (κ1) is 12.8. The maximum atomic E-state index is 13.4. The molecule has 1 atom stereocenters. The minimum Gasteiger partial charge on any atom is -0.491 e. The lowest BCUT2D eigenvalue weighted by atomic mass is 10.2. The van der Waals surface area contributed by atoms with Gasteiger partial charge < -0.3 is 15.2 Å². The fourth-order valence-electron chi connectivity index (χ4n) is 1.24. The van der Waals surface area contributed by atoms with E-state index in [0.29, 0.717) is 18.8 Å². The maximum absolute atomic E-state index is 13.4. The molecule has 4 heteroatoms. The summed E-state index contributed by atoms with van der Waals surface area (Å²) in [5, 5.41) is 11.9. The molecule has 0 amide bonds. The average Bonchev–Trinajstić information content (AvgIpc) is 2.29. The van der Waals surface area contributed by atoms with Crippen LogP contribution in [-0.4, -0.2) is 24.9 Å². The van der Waals surface area contributed by atoms with E-state index in [1.165, 1.54) is 6.07 Å². The molecule has 0 fully saturated rings. The summed E-state index contributed by atoms with van der Waals surface area (Å²) < 4.78 is 18.5. The molecule has 0 aliphatic rings. The molecule has 0 saturated heterocycles. The number of anilines is 1. The molecule has 0 radical (unpaired) electrons. The summed E-state index contributed by atoms with van der Waals surface area (Å²) in [6.45, 7) is 4.91. The normalized spacial score (nSPS) is 12.2. The summed E-state index contributed by atoms with van der Waals surface area (Å²) in [6.07, 6.45) is 0. The fraction of sp³-hybridized carbons (Fsp3) is 0.500. The first-order valence-electron chi connectivity index (χ1n) is 5.44. The number of aliphatic hydroxyl groups is 1. The number of rotatable bonds is 6. The van der Waals surface area contributed by atoms with Gasteiger partial charge in [-0.1, -0.05) is 6.92 Å². The zero-order valence-corrected chi connectivity index (χ0v) is 9.66. The monoisotopic (exact) mass is 227 g/mol.